The van der Waals surface area contributed by atoms with Crippen LogP contribution < -0.4 is 14.9 Å². The molecule has 0 unspecified atom stereocenters. The Bertz CT molecular complexity index is 1360. The van der Waals surface area contributed by atoms with E-state index in [4.69, 9.17) is 13.9 Å². The first-order chi connectivity index (χ1) is 16.1. The molecule has 0 aliphatic rings. The van der Waals surface area contributed by atoms with Crippen molar-refractivity contribution in [1.29, 1.82) is 5.26 Å². The number of nitrogens with zero attached hydrogens (tertiary/aromatic N) is 2. The fraction of sp³-hybridized carbons (Fsp3) is 0.0800. The second kappa shape index (κ2) is 10.2. The summed E-state index contributed by atoms with van der Waals surface area (Å²) >= 11 is 2.14. The molecule has 4 rings (SSSR count). The number of para-hydroxylation sites is 1. The highest BCUT2D eigenvalue weighted by Gasteiger charge is 2.14. The molecule has 0 fully saturated rings. The molecule has 1 aromatic heterocycles. The average molecular weight is 551 g/mol. The van der Waals surface area contributed by atoms with Crippen LogP contribution in [-0.4, -0.2) is 19.2 Å². The Morgan fingerprint density at radius 3 is 2.76 bits per heavy atom. The summed E-state index contributed by atoms with van der Waals surface area (Å²) < 4.78 is 17.8. The predicted octanol–water partition coefficient (Wildman–Crippen LogP) is 5.26. The quantitative estimate of drug-likeness (QED) is 0.192. The standard InChI is InChI=1S/C25H18IN3O4/c1-31-22-11-16(10-20(26)24(22)32-15-19-8-3-2-7-18(19)13-27)14-28-29-25(30)23-12-17-6-4-5-9-21(17)33-23/h2-12,14H,15H2,1H3,(H,29,30)/b28-14+. The summed E-state index contributed by atoms with van der Waals surface area (Å²) in [5, 5.41) is 14.1. The van der Waals surface area contributed by atoms with E-state index in [-0.39, 0.29) is 12.4 Å². The number of methoxy groups -OCH3 is 1. The number of hydrazone groups is 1. The highest BCUT2D eigenvalue weighted by atomic mass is 127. The van der Waals surface area contributed by atoms with Gasteiger partial charge in [0.2, 0.25) is 0 Å². The molecule has 8 heteroatoms. The molecule has 164 valence electrons. The molecule has 1 N–H and O–H groups in total. The molecular weight excluding hydrogens is 533 g/mol. The number of rotatable bonds is 7. The Morgan fingerprint density at radius 2 is 1.97 bits per heavy atom. The van der Waals surface area contributed by atoms with Crippen molar-refractivity contribution < 1.29 is 18.7 Å². The molecule has 0 aliphatic carbocycles. The van der Waals surface area contributed by atoms with E-state index in [0.29, 0.717) is 28.2 Å². The Balaban J connectivity index is 1.46. The van der Waals surface area contributed by atoms with Crippen molar-refractivity contribution in [3.05, 3.63) is 92.8 Å². The van der Waals surface area contributed by atoms with Gasteiger partial charge in [0.05, 0.1) is 28.5 Å². The number of carbonyl (C=O) groups excluding carboxylic acids is 1. The largest absolute Gasteiger partial charge is 0.493 e. The normalized spacial score (nSPS) is 10.8. The van der Waals surface area contributed by atoms with Crippen LogP contribution in [0.25, 0.3) is 11.0 Å². The zero-order chi connectivity index (χ0) is 23.2. The Hall–Kier alpha value is -3.84. The SMILES string of the molecule is COc1cc(/C=N/NC(=O)c2cc3ccccc3o2)cc(I)c1OCc1ccccc1C#N. The second-order valence-electron chi connectivity index (χ2n) is 6.94. The van der Waals surface area contributed by atoms with E-state index < -0.39 is 5.91 Å². The van der Waals surface area contributed by atoms with Crippen LogP contribution in [0.1, 0.15) is 27.2 Å². The van der Waals surface area contributed by atoms with Gasteiger partial charge in [0, 0.05) is 10.9 Å². The minimum absolute atomic E-state index is 0.182. The third-order valence-corrected chi connectivity index (χ3v) is 5.59. The van der Waals surface area contributed by atoms with Crippen LogP contribution in [0.4, 0.5) is 0 Å². The number of fused-ring (bicyclic) bond motifs is 1. The molecule has 0 atom stereocenters. The zero-order valence-electron chi connectivity index (χ0n) is 17.5. The van der Waals surface area contributed by atoms with E-state index in [1.54, 1.807) is 31.4 Å². The summed E-state index contributed by atoms with van der Waals surface area (Å²) in [5.41, 5.74) is 5.18. The lowest BCUT2D eigenvalue weighted by atomic mass is 10.1. The molecular formula is C25H18IN3O4. The Kier molecular flexibility index (Phi) is 6.90. The minimum Gasteiger partial charge on any atom is -0.493 e. The monoisotopic (exact) mass is 551 g/mol. The van der Waals surface area contributed by atoms with Gasteiger partial charge in [0.15, 0.2) is 17.3 Å². The van der Waals surface area contributed by atoms with Crippen LogP contribution in [0.5, 0.6) is 11.5 Å². The van der Waals surface area contributed by atoms with E-state index in [9.17, 15) is 10.1 Å². The Morgan fingerprint density at radius 1 is 1.18 bits per heavy atom. The van der Waals surface area contributed by atoms with Crippen LogP contribution in [0.3, 0.4) is 0 Å². The zero-order valence-corrected chi connectivity index (χ0v) is 19.7. The van der Waals surface area contributed by atoms with Crippen LogP contribution in [-0.2, 0) is 6.61 Å². The lowest BCUT2D eigenvalue weighted by molar-refractivity contribution is 0.0929. The summed E-state index contributed by atoms with van der Waals surface area (Å²) in [5.74, 6) is 0.817. The molecule has 33 heavy (non-hydrogen) atoms. The van der Waals surface area contributed by atoms with Crippen molar-refractivity contribution in [2.75, 3.05) is 7.11 Å². The third-order valence-electron chi connectivity index (χ3n) is 4.79. The molecule has 0 radical (unpaired) electrons. The topological polar surface area (TPSA) is 96.8 Å². The van der Waals surface area contributed by atoms with Crippen molar-refractivity contribution in [2.45, 2.75) is 6.61 Å². The number of carbonyl (C=O) groups is 1. The number of hydrogen-bond donors (Lipinski definition) is 1. The summed E-state index contributed by atoms with van der Waals surface area (Å²) in [4.78, 5) is 12.3. The summed E-state index contributed by atoms with van der Waals surface area (Å²) in [7, 11) is 1.55. The fourth-order valence-corrected chi connectivity index (χ4v) is 3.95. The lowest BCUT2D eigenvalue weighted by Gasteiger charge is -2.14. The van der Waals surface area contributed by atoms with Crippen LogP contribution in [0.2, 0.25) is 0 Å². The smallest absolute Gasteiger partial charge is 0.307 e. The van der Waals surface area contributed by atoms with Crippen LogP contribution in [0.15, 0.2) is 76.2 Å². The van der Waals surface area contributed by atoms with Gasteiger partial charge in [-0.05, 0) is 58.5 Å². The van der Waals surface area contributed by atoms with Crippen molar-refractivity contribution in [3.63, 3.8) is 0 Å². The Labute approximate surface area is 203 Å². The first-order valence-corrected chi connectivity index (χ1v) is 11.0. The van der Waals surface area contributed by atoms with Crippen molar-refractivity contribution in [2.24, 2.45) is 5.10 Å². The lowest BCUT2D eigenvalue weighted by Crippen LogP contribution is -2.16. The van der Waals surface area contributed by atoms with Gasteiger partial charge in [-0.25, -0.2) is 5.43 Å². The van der Waals surface area contributed by atoms with Crippen LogP contribution in [0, 0.1) is 14.9 Å². The number of halogens is 1. The van der Waals surface area contributed by atoms with E-state index in [0.717, 1.165) is 14.5 Å². The third kappa shape index (κ3) is 5.15. The van der Waals surface area contributed by atoms with Gasteiger partial charge < -0.3 is 13.9 Å². The number of nitriles is 1. The van der Waals surface area contributed by atoms with Gasteiger partial charge in [-0.1, -0.05) is 36.4 Å². The van der Waals surface area contributed by atoms with E-state index >= 15 is 0 Å². The molecule has 1 amide bonds. The molecule has 3 aromatic carbocycles. The van der Waals surface area contributed by atoms with Gasteiger partial charge in [-0.3, -0.25) is 4.79 Å². The summed E-state index contributed by atoms with van der Waals surface area (Å²) in [6, 6.07) is 22.1. The molecule has 0 aliphatic heterocycles. The molecule has 7 nitrogen and oxygen atoms in total. The maximum atomic E-state index is 12.3. The highest BCUT2D eigenvalue weighted by molar-refractivity contribution is 14.1. The van der Waals surface area contributed by atoms with E-state index in [1.165, 1.54) is 6.21 Å². The van der Waals surface area contributed by atoms with E-state index in [2.05, 4.69) is 39.2 Å². The second-order valence-corrected chi connectivity index (χ2v) is 8.10. The number of nitrogens with one attached hydrogen (secondary N) is 1. The maximum absolute atomic E-state index is 12.3. The van der Waals surface area contributed by atoms with Crippen molar-refractivity contribution in [3.8, 4) is 17.6 Å². The predicted molar refractivity (Wildman–Crippen MR) is 132 cm³/mol. The molecule has 4 aromatic rings. The fourth-order valence-electron chi connectivity index (χ4n) is 3.17. The van der Waals surface area contributed by atoms with Crippen molar-refractivity contribution >= 4 is 45.7 Å². The van der Waals surface area contributed by atoms with Gasteiger partial charge in [-0.2, -0.15) is 10.4 Å². The molecule has 0 saturated carbocycles. The minimum atomic E-state index is -0.444. The van der Waals surface area contributed by atoms with E-state index in [1.807, 2.05) is 42.5 Å². The summed E-state index contributed by atoms with van der Waals surface area (Å²) in [6.45, 7) is 0.233. The van der Waals surface area contributed by atoms with Gasteiger partial charge in [0.25, 0.3) is 0 Å². The molecule has 0 bridgehead atoms. The number of hydrogen-bond acceptors (Lipinski definition) is 6. The number of furan rings is 1. The first-order valence-electron chi connectivity index (χ1n) is 9.89. The first kappa shape index (κ1) is 22.4. The number of amides is 1. The molecule has 0 saturated heterocycles. The average Bonchev–Trinajstić information content (AvgIpc) is 3.28. The summed E-state index contributed by atoms with van der Waals surface area (Å²) in [6.07, 6.45) is 1.51. The van der Waals surface area contributed by atoms with Crippen LogP contribution >= 0.6 is 22.6 Å². The number of benzene rings is 3. The molecule has 0 spiro atoms. The van der Waals surface area contributed by atoms with Gasteiger partial charge in [0.1, 0.15) is 12.2 Å². The van der Waals surface area contributed by atoms with Gasteiger partial charge in [-0.15, -0.1) is 0 Å². The molecule has 1 heterocycles. The van der Waals surface area contributed by atoms with Crippen molar-refractivity contribution in [1.82, 2.24) is 5.43 Å². The van der Waals surface area contributed by atoms with Gasteiger partial charge >= 0.3 is 5.91 Å². The maximum Gasteiger partial charge on any atom is 0.307 e. The number of ether oxygens (including phenoxy) is 2. The highest BCUT2D eigenvalue weighted by Crippen LogP contribution is 2.34.